The van der Waals surface area contributed by atoms with Crippen molar-refractivity contribution in [1.82, 2.24) is 10.3 Å². The summed E-state index contributed by atoms with van der Waals surface area (Å²) in [5.74, 6) is -0.531. The van der Waals surface area contributed by atoms with Crippen molar-refractivity contribution in [2.75, 3.05) is 13.1 Å². The number of alkyl halides is 1. The number of piperidine rings is 1. The molecule has 2 aliphatic rings. The van der Waals surface area contributed by atoms with Crippen molar-refractivity contribution in [3.8, 4) is 0 Å². The summed E-state index contributed by atoms with van der Waals surface area (Å²) in [4.78, 5) is 16.2. The van der Waals surface area contributed by atoms with Crippen LogP contribution in [-0.4, -0.2) is 30.2 Å². The zero-order chi connectivity index (χ0) is 16.9. The lowest BCUT2D eigenvalue weighted by atomic mass is 9.87. The van der Waals surface area contributed by atoms with E-state index in [1.807, 2.05) is 18.2 Å². The van der Waals surface area contributed by atoms with E-state index >= 15 is 0 Å². The maximum Gasteiger partial charge on any atom is 0.229 e. The van der Waals surface area contributed by atoms with Gasteiger partial charge in [0, 0.05) is 29.1 Å². The SMILES string of the molecule is NC(=O)C1(c2cc3cc(C4CCNCC4F)c(Cl)cc3cn2)CC1. The molecule has 1 aromatic carbocycles. The lowest BCUT2D eigenvalue weighted by molar-refractivity contribution is -0.120. The Morgan fingerprint density at radius 2 is 2.12 bits per heavy atom. The van der Waals surface area contributed by atoms with Gasteiger partial charge in [0.05, 0.1) is 11.1 Å². The van der Waals surface area contributed by atoms with Crippen molar-refractivity contribution in [3.63, 3.8) is 0 Å². The molecule has 1 saturated heterocycles. The maximum atomic E-state index is 14.3. The smallest absolute Gasteiger partial charge is 0.229 e. The number of carbonyl (C=O) groups excluding carboxylic acids is 1. The summed E-state index contributed by atoms with van der Waals surface area (Å²) < 4.78 is 14.3. The molecule has 3 N–H and O–H groups in total. The van der Waals surface area contributed by atoms with E-state index in [4.69, 9.17) is 17.3 Å². The fourth-order valence-corrected chi connectivity index (χ4v) is 3.97. The molecule has 2 heterocycles. The van der Waals surface area contributed by atoms with Gasteiger partial charge in [-0.1, -0.05) is 11.6 Å². The molecule has 2 aromatic rings. The molecular formula is C18H19ClFN3O. The fourth-order valence-electron chi connectivity index (χ4n) is 3.65. The Kier molecular flexibility index (Phi) is 3.73. The molecule has 1 saturated carbocycles. The van der Waals surface area contributed by atoms with Crippen LogP contribution < -0.4 is 11.1 Å². The minimum absolute atomic E-state index is 0.203. The van der Waals surface area contributed by atoms with Gasteiger partial charge in [-0.25, -0.2) is 4.39 Å². The van der Waals surface area contributed by atoms with Crippen LogP contribution in [0.25, 0.3) is 10.8 Å². The largest absolute Gasteiger partial charge is 0.369 e. The number of pyridine rings is 1. The monoisotopic (exact) mass is 347 g/mol. The average Bonchev–Trinajstić information content (AvgIpc) is 3.36. The number of hydrogen-bond acceptors (Lipinski definition) is 3. The number of amides is 1. The predicted molar refractivity (Wildman–Crippen MR) is 92.0 cm³/mol. The summed E-state index contributed by atoms with van der Waals surface area (Å²) >= 11 is 6.41. The summed E-state index contributed by atoms with van der Waals surface area (Å²) in [7, 11) is 0. The van der Waals surface area contributed by atoms with Gasteiger partial charge in [0.2, 0.25) is 5.91 Å². The van der Waals surface area contributed by atoms with Crippen molar-refractivity contribution < 1.29 is 9.18 Å². The number of aromatic nitrogens is 1. The Hall–Kier alpha value is -1.72. The molecule has 0 bridgehead atoms. The number of hydrogen-bond donors (Lipinski definition) is 2. The maximum absolute atomic E-state index is 14.3. The van der Waals surface area contributed by atoms with E-state index in [0.29, 0.717) is 17.3 Å². The van der Waals surface area contributed by atoms with Crippen LogP contribution in [0.3, 0.4) is 0 Å². The first-order valence-electron chi connectivity index (χ1n) is 8.26. The number of nitrogens with zero attached hydrogens (tertiary/aromatic N) is 1. The first-order chi connectivity index (χ1) is 11.5. The molecule has 2 fully saturated rings. The van der Waals surface area contributed by atoms with Crippen molar-refractivity contribution >= 4 is 28.3 Å². The predicted octanol–water partition coefficient (Wildman–Crippen LogP) is 2.82. The molecule has 0 spiro atoms. The molecule has 1 aliphatic heterocycles. The van der Waals surface area contributed by atoms with Crippen LogP contribution in [0.2, 0.25) is 5.02 Å². The number of rotatable bonds is 3. The van der Waals surface area contributed by atoms with E-state index in [1.54, 1.807) is 6.20 Å². The Labute approximate surface area is 144 Å². The van der Waals surface area contributed by atoms with Crippen LogP contribution in [0.5, 0.6) is 0 Å². The van der Waals surface area contributed by atoms with Crippen LogP contribution >= 0.6 is 11.6 Å². The normalized spacial score (nSPS) is 25.6. The van der Waals surface area contributed by atoms with E-state index in [0.717, 1.165) is 42.1 Å². The number of fused-ring (bicyclic) bond motifs is 1. The summed E-state index contributed by atoms with van der Waals surface area (Å²) in [5.41, 5.74) is 6.46. The van der Waals surface area contributed by atoms with E-state index in [2.05, 4.69) is 10.3 Å². The molecule has 126 valence electrons. The second-order valence-corrected chi connectivity index (χ2v) is 7.26. The quantitative estimate of drug-likeness (QED) is 0.897. The zero-order valence-corrected chi connectivity index (χ0v) is 13.9. The number of primary amides is 1. The molecule has 6 heteroatoms. The van der Waals surface area contributed by atoms with Gasteiger partial charge in [0.15, 0.2) is 0 Å². The lowest BCUT2D eigenvalue weighted by Gasteiger charge is -2.28. The summed E-state index contributed by atoms with van der Waals surface area (Å²) in [6.45, 7) is 1.14. The van der Waals surface area contributed by atoms with Crippen molar-refractivity contribution in [2.45, 2.75) is 36.8 Å². The molecule has 2 atom stereocenters. The minimum Gasteiger partial charge on any atom is -0.369 e. The number of halogens is 2. The molecule has 4 nitrogen and oxygen atoms in total. The molecule has 2 unspecified atom stereocenters. The van der Waals surface area contributed by atoms with Gasteiger partial charge in [-0.15, -0.1) is 0 Å². The lowest BCUT2D eigenvalue weighted by Crippen LogP contribution is -2.36. The van der Waals surface area contributed by atoms with E-state index in [-0.39, 0.29) is 11.8 Å². The third-order valence-electron chi connectivity index (χ3n) is 5.36. The molecule has 0 radical (unpaired) electrons. The average molecular weight is 348 g/mol. The third kappa shape index (κ3) is 2.47. The zero-order valence-electron chi connectivity index (χ0n) is 13.2. The fraction of sp³-hybridized carbons (Fsp3) is 0.444. The second kappa shape index (κ2) is 5.67. The Morgan fingerprint density at radius 3 is 2.79 bits per heavy atom. The molecular weight excluding hydrogens is 329 g/mol. The van der Waals surface area contributed by atoms with Crippen molar-refractivity contribution in [3.05, 3.63) is 40.7 Å². The number of benzene rings is 1. The van der Waals surface area contributed by atoms with Gasteiger partial charge in [-0.2, -0.15) is 0 Å². The van der Waals surface area contributed by atoms with Gasteiger partial charge in [0.1, 0.15) is 6.17 Å². The molecule has 4 rings (SSSR count). The highest BCUT2D eigenvalue weighted by Crippen LogP contribution is 2.47. The Morgan fingerprint density at radius 1 is 1.33 bits per heavy atom. The van der Waals surface area contributed by atoms with Gasteiger partial charge in [0.25, 0.3) is 0 Å². The minimum atomic E-state index is -0.949. The molecule has 1 aliphatic carbocycles. The number of nitrogens with two attached hydrogens (primary N) is 1. The highest BCUT2D eigenvalue weighted by Gasteiger charge is 2.51. The second-order valence-electron chi connectivity index (χ2n) is 6.85. The van der Waals surface area contributed by atoms with Crippen molar-refractivity contribution in [2.24, 2.45) is 5.73 Å². The van der Waals surface area contributed by atoms with Crippen LogP contribution in [0.1, 0.15) is 36.4 Å². The topological polar surface area (TPSA) is 68.0 Å². The van der Waals surface area contributed by atoms with Gasteiger partial charge >= 0.3 is 0 Å². The third-order valence-corrected chi connectivity index (χ3v) is 5.68. The molecule has 1 aromatic heterocycles. The number of carbonyl (C=O) groups is 1. The van der Waals surface area contributed by atoms with Crippen molar-refractivity contribution in [1.29, 1.82) is 0 Å². The van der Waals surface area contributed by atoms with Crippen LogP contribution in [-0.2, 0) is 10.2 Å². The van der Waals surface area contributed by atoms with Gasteiger partial charge in [-0.3, -0.25) is 9.78 Å². The highest BCUT2D eigenvalue weighted by molar-refractivity contribution is 6.32. The highest BCUT2D eigenvalue weighted by atomic mass is 35.5. The van der Waals surface area contributed by atoms with Crippen LogP contribution in [0.4, 0.5) is 4.39 Å². The van der Waals surface area contributed by atoms with E-state index in [9.17, 15) is 9.18 Å². The van der Waals surface area contributed by atoms with Gasteiger partial charge in [-0.05, 0) is 55.0 Å². The molecule has 24 heavy (non-hydrogen) atoms. The van der Waals surface area contributed by atoms with Crippen LogP contribution in [0.15, 0.2) is 24.4 Å². The first kappa shape index (κ1) is 15.8. The first-order valence-corrected chi connectivity index (χ1v) is 8.63. The number of nitrogens with one attached hydrogen (secondary N) is 1. The van der Waals surface area contributed by atoms with Gasteiger partial charge < -0.3 is 11.1 Å². The summed E-state index contributed by atoms with van der Waals surface area (Å²) in [6, 6.07) is 5.69. The Bertz CT molecular complexity index is 821. The van der Waals surface area contributed by atoms with Crippen LogP contribution in [0, 0.1) is 0 Å². The van der Waals surface area contributed by atoms with E-state index < -0.39 is 11.6 Å². The Balaban J connectivity index is 1.79. The van der Waals surface area contributed by atoms with E-state index in [1.165, 1.54) is 0 Å². The molecule has 1 amide bonds. The summed E-state index contributed by atoms with van der Waals surface area (Å²) in [6.07, 6.45) is 2.97. The standard InChI is InChI=1S/C18H19ClFN3O/c19-14-6-11-8-23-16(18(2-3-18)17(21)24)7-10(11)5-13(14)12-1-4-22-9-15(12)20/h5-8,12,15,22H,1-4,9H2,(H2,21,24). The summed E-state index contributed by atoms with van der Waals surface area (Å²) in [5, 5.41) is 5.45.